The average molecular weight is 298 g/mol. The van der Waals surface area contributed by atoms with Gasteiger partial charge in [0.15, 0.2) is 0 Å². The van der Waals surface area contributed by atoms with E-state index in [1.165, 1.54) is 0 Å². The van der Waals surface area contributed by atoms with Gasteiger partial charge in [-0.2, -0.15) is 0 Å². The number of amides is 1. The van der Waals surface area contributed by atoms with Gasteiger partial charge in [0, 0.05) is 25.4 Å². The number of rotatable bonds is 7. The second-order valence-electron chi connectivity index (χ2n) is 5.09. The fourth-order valence-corrected chi connectivity index (χ4v) is 2.21. The molecule has 4 heteroatoms. The molecule has 22 heavy (non-hydrogen) atoms. The van der Waals surface area contributed by atoms with E-state index in [0.29, 0.717) is 11.4 Å². The summed E-state index contributed by atoms with van der Waals surface area (Å²) in [5.74, 6) is 1.25. The van der Waals surface area contributed by atoms with Crippen LogP contribution < -0.4 is 4.74 Å². The van der Waals surface area contributed by atoms with Gasteiger partial charge in [0.25, 0.3) is 5.91 Å². The molecule has 0 aliphatic carbocycles. The highest BCUT2D eigenvalue weighted by atomic mass is 16.5. The molecule has 0 saturated heterocycles. The van der Waals surface area contributed by atoms with Gasteiger partial charge in [-0.3, -0.25) is 4.79 Å². The molecule has 0 unspecified atom stereocenters. The first-order valence-electron chi connectivity index (χ1n) is 7.72. The van der Waals surface area contributed by atoms with Crippen molar-refractivity contribution in [3.8, 4) is 11.6 Å². The molecule has 0 fully saturated rings. The third-order valence-electron chi connectivity index (χ3n) is 3.22. The van der Waals surface area contributed by atoms with Crippen LogP contribution >= 0.6 is 0 Å². The fraction of sp³-hybridized carbons (Fsp3) is 0.333. The fourth-order valence-electron chi connectivity index (χ4n) is 2.21. The minimum atomic E-state index is 0.0301. The lowest BCUT2D eigenvalue weighted by Crippen LogP contribution is -2.32. The normalized spacial score (nSPS) is 10.3. The first-order chi connectivity index (χ1) is 10.7. The summed E-state index contributed by atoms with van der Waals surface area (Å²) in [4.78, 5) is 18.5. The van der Waals surface area contributed by atoms with Crippen LogP contribution in [0.3, 0.4) is 0 Å². The second kappa shape index (κ2) is 8.17. The molecule has 0 radical (unpaired) electrons. The van der Waals surface area contributed by atoms with Crippen LogP contribution in [0.1, 0.15) is 37.0 Å². The van der Waals surface area contributed by atoms with Gasteiger partial charge in [0.05, 0.1) is 5.56 Å². The Morgan fingerprint density at radius 2 is 1.73 bits per heavy atom. The summed E-state index contributed by atoms with van der Waals surface area (Å²) >= 11 is 0. The van der Waals surface area contributed by atoms with Gasteiger partial charge < -0.3 is 9.64 Å². The molecule has 1 aromatic carbocycles. The maximum Gasteiger partial charge on any atom is 0.255 e. The molecule has 0 bridgehead atoms. The van der Waals surface area contributed by atoms with Gasteiger partial charge in [0.1, 0.15) is 5.75 Å². The summed E-state index contributed by atoms with van der Waals surface area (Å²) in [5.41, 5.74) is 0.599. The first-order valence-corrected chi connectivity index (χ1v) is 7.72. The SMILES string of the molecule is CCCN(CCC)C(=O)c1ccc(Oc2ccccc2)nc1. The van der Waals surface area contributed by atoms with Crippen LogP contribution in [0.2, 0.25) is 0 Å². The van der Waals surface area contributed by atoms with E-state index < -0.39 is 0 Å². The Kier molecular flexibility index (Phi) is 5.95. The number of hydrogen-bond acceptors (Lipinski definition) is 3. The van der Waals surface area contributed by atoms with E-state index in [9.17, 15) is 4.79 Å². The monoisotopic (exact) mass is 298 g/mol. The Balaban J connectivity index is 2.05. The number of aromatic nitrogens is 1. The average Bonchev–Trinajstić information content (AvgIpc) is 2.56. The molecule has 2 aromatic rings. The van der Waals surface area contributed by atoms with Gasteiger partial charge in [-0.05, 0) is 31.0 Å². The number of ether oxygens (including phenoxy) is 1. The molecule has 4 nitrogen and oxygen atoms in total. The van der Waals surface area contributed by atoms with Gasteiger partial charge in [-0.25, -0.2) is 4.98 Å². The van der Waals surface area contributed by atoms with E-state index in [2.05, 4.69) is 18.8 Å². The Labute approximate surface area is 131 Å². The maximum atomic E-state index is 12.4. The molecule has 0 aliphatic rings. The summed E-state index contributed by atoms with van der Waals surface area (Å²) in [6.07, 6.45) is 3.49. The summed E-state index contributed by atoms with van der Waals surface area (Å²) in [6.45, 7) is 5.69. The van der Waals surface area contributed by atoms with Crippen LogP contribution in [0.4, 0.5) is 0 Å². The van der Waals surface area contributed by atoms with Crippen LogP contribution in [0.25, 0.3) is 0 Å². The van der Waals surface area contributed by atoms with E-state index >= 15 is 0 Å². The van der Waals surface area contributed by atoms with Crippen molar-refractivity contribution in [3.05, 3.63) is 54.2 Å². The highest BCUT2D eigenvalue weighted by molar-refractivity contribution is 5.93. The van der Waals surface area contributed by atoms with Crippen LogP contribution in [-0.2, 0) is 0 Å². The first kappa shape index (κ1) is 16.0. The van der Waals surface area contributed by atoms with Crippen LogP contribution in [0, 0.1) is 0 Å². The Morgan fingerprint density at radius 3 is 2.27 bits per heavy atom. The predicted octanol–water partition coefficient (Wildman–Crippen LogP) is 4.14. The molecule has 1 heterocycles. The second-order valence-corrected chi connectivity index (χ2v) is 5.09. The summed E-state index contributed by atoms with van der Waals surface area (Å²) in [5, 5.41) is 0. The summed E-state index contributed by atoms with van der Waals surface area (Å²) in [7, 11) is 0. The number of carbonyl (C=O) groups excluding carboxylic acids is 1. The minimum Gasteiger partial charge on any atom is -0.439 e. The minimum absolute atomic E-state index is 0.0301. The van der Waals surface area contributed by atoms with Crippen LogP contribution in [-0.4, -0.2) is 28.9 Å². The van der Waals surface area contributed by atoms with Gasteiger partial charge in [-0.1, -0.05) is 32.0 Å². The van der Waals surface area contributed by atoms with Crippen molar-refractivity contribution in [1.29, 1.82) is 0 Å². The van der Waals surface area contributed by atoms with Crippen molar-refractivity contribution in [2.75, 3.05) is 13.1 Å². The number of carbonyl (C=O) groups is 1. The largest absolute Gasteiger partial charge is 0.439 e. The molecule has 116 valence electrons. The van der Waals surface area contributed by atoms with Crippen molar-refractivity contribution >= 4 is 5.91 Å². The third-order valence-corrected chi connectivity index (χ3v) is 3.22. The van der Waals surface area contributed by atoms with Gasteiger partial charge >= 0.3 is 0 Å². The van der Waals surface area contributed by atoms with Crippen molar-refractivity contribution in [1.82, 2.24) is 9.88 Å². The Hall–Kier alpha value is -2.36. The highest BCUT2D eigenvalue weighted by Gasteiger charge is 2.14. The van der Waals surface area contributed by atoms with E-state index in [-0.39, 0.29) is 5.91 Å². The highest BCUT2D eigenvalue weighted by Crippen LogP contribution is 2.19. The van der Waals surface area contributed by atoms with Crippen LogP contribution in [0.5, 0.6) is 11.6 Å². The van der Waals surface area contributed by atoms with Crippen molar-refractivity contribution < 1.29 is 9.53 Å². The van der Waals surface area contributed by atoms with E-state index in [4.69, 9.17) is 4.74 Å². The number of nitrogens with zero attached hydrogens (tertiary/aromatic N) is 2. The van der Waals surface area contributed by atoms with E-state index in [0.717, 1.165) is 31.7 Å². The molecule has 2 rings (SSSR count). The number of pyridine rings is 1. The zero-order chi connectivity index (χ0) is 15.8. The maximum absolute atomic E-state index is 12.4. The summed E-state index contributed by atoms with van der Waals surface area (Å²) < 4.78 is 5.63. The molecule has 1 amide bonds. The lowest BCUT2D eigenvalue weighted by Gasteiger charge is -2.21. The lowest BCUT2D eigenvalue weighted by molar-refractivity contribution is 0.0755. The number of benzene rings is 1. The lowest BCUT2D eigenvalue weighted by atomic mass is 10.2. The molecule has 0 N–H and O–H groups in total. The summed E-state index contributed by atoms with van der Waals surface area (Å²) in [6, 6.07) is 13.0. The smallest absolute Gasteiger partial charge is 0.255 e. The van der Waals surface area contributed by atoms with E-state index in [1.807, 2.05) is 35.2 Å². The molecular formula is C18H22N2O2. The number of para-hydroxylation sites is 1. The predicted molar refractivity (Wildman–Crippen MR) is 87.2 cm³/mol. The topological polar surface area (TPSA) is 42.4 Å². The van der Waals surface area contributed by atoms with Crippen molar-refractivity contribution in [3.63, 3.8) is 0 Å². The quantitative estimate of drug-likeness (QED) is 0.771. The van der Waals surface area contributed by atoms with Gasteiger partial charge in [0.2, 0.25) is 5.88 Å². The van der Waals surface area contributed by atoms with Gasteiger partial charge in [-0.15, -0.1) is 0 Å². The Morgan fingerprint density at radius 1 is 1.05 bits per heavy atom. The third kappa shape index (κ3) is 4.32. The number of hydrogen-bond donors (Lipinski definition) is 0. The Bertz CT molecular complexity index is 576. The molecule has 0 aliphatic heterocycles. The molecule has 1 aromatic heterocycles. The van der Waals surface area contributed by atoms with Crippen molar-refractivity contribution in [2.24, 2.45) is 0 Å². The van der Waals surface area contributed by atoms with Crippen molar-refractivity contribution in [2.45, 2.75) is 26.7 Å². The zero-order valence-corrected chi connectivity index (χ0v) is 13.2. The molecule has 0 saturated carbocycles. The molecule has 0 spiro atoms. The van der Waals surface area contributed by atoms with E-state index in [1.54, 1.807) is 18.3 Å². The molecular weight excluding hydrogens is 276 g/mol. The standard InChI is InChI=1S/C18H22N2O2/c1-3-12-20(13-4-2)18(21)15-10-11-17(19-14-15)22-16-8-6-5-7-9-16/h5-11,14H,3-4,12-13H2,1-2H3. The zero-order valence-electron chi connectivity index (χ0n) is 13.2. The van der Waals surface area contributed by atoms with Crippen LogP contribution in [0.15, 0.2) is 48.7 Å². The molecule has 0 atom stereocenters.